The first kappa shape index (κ1) is 23.7. The topological polar surface area (TPSA) is 91.1 Å². The van der Waals surface area contributed by atoms with E-state index >= 15 is 0 Å². The Labute approximate surface area is 200 Å². The number of aryl methyl sites for hydroxylation is 2. The zero-order valence-corrected chi connectivity index (χ0v) is 20.2. The molecule has 4 aromatic rings. The molecule has 1 unspecified atom stereocenters. The normalized spacial score (nSPS) is 12.5. The van der Waals surface area contributed by atoms with Crippen LogP contribution in [0.4, 0.5) is 0 Å². The van der Waals surface area contributed by atoms with Crippen molar-refractivity contribution in [2.45, 2.75) is 31.1 Å². The first-order valence-electron chi connectivity index (χ1n) is 11.3. The molecule has 1 aromatic heterocycles. The van der Waals surface area contributed by atoms with Gasteiger partial charge in [-0.25, -0.2) is 13.1 Å². The maximum Gasteiger partial charge on any atom is 0.240 e. The molecule has 1 amide bonds. The number of benzene rings is 3. The smallest absolute Gasteiger partial charge is 0.240 e. The van der Waals surface area contributed by atoms with Gasteiger partial charge in [0.1, 0.15) is 0 Å². The van der Waals surface area contributed by atoms with Crippen LogP contribution in [0.25, 0.3) is 10.9 Å². The molecular formula is C27H29N3O3S. The highest BCUT2D eigenvalue weighted by Crippen LogP contribution is 2.30. The predicted octanol–water partition coefficient (Wildman–Crippen LogP) is 4.40. The minimum Gasteiger partial charge on any atom is -0.361 e. The molecule has 1 atom stereocenters. The van der Waals surface area contributed by atoms with Gasteiger partial charge in [0, 0.05) is 42.5 Å². The maximum atomic E-state index is 12.7. The van der Waals surface area contributed by atoms with Gasteiger partial charge in [-0.3, -0.25) is 4.79 Å². The summed E-state index contributed by atoms with van der Waals surface area (Å²) in [6, 6.07) is 23.4. The van der Waals surface area contributed by atoms with Gasteiger partial charge in [-0.1, -0.05) is 60.7 Å². The predicted molar refractivity (Wildman–Crippen MR) is 135 cm³/mol. The first-order chi connectivity index (χ1) is 16.3. The van der Waals surface area contributed by atoms with E-state index in [2.05, 4.69) is 33.2 Å². The van der Waals surface area contributed by atoms with E-state index in [-0.39, 0.29) is 29.7 Å². The van der Waals surface area contributed by atoms with Gasteiger partial charge < -0.3 is 10.3 Å². The highest BCUT2D eigenvalue weighted by Gasteiger charge is 2.20. The number of hydrogen-bond donors (Lipinski definition) is 3. The van der Waals surface area contributed by atoms with E-state index in [9.17, 15) is 13.2 Å². The number of para-hydroxylation sites is 1. The SMILES string of the molecule is Cc1ccc(C)c(S(=O)(=O)NCCC(=O)NCC(c2ccccc2)c2c[nH]c3ccccc23)c1. The quantitative estimate of drug-likeness (QED) is 0.335. The number of carbonyl (C=O) groups excluding carboxylic acids is 1. The molecule has 0 saturated heterocycles. The zero-order chi connectivity index (χ0) is 24.1. The minimum absolute atomic E-state index is 0.0324. The van der Waals surface area contributed by atoms with Crippen molar-refractivity contribution in [3.05, 3.63) is 101 Å². The van der Waals surface area contributed by atoms with Crippen LogP contribution in [0, 0.1) is 13.8 Å². The molecule has 3 aromatic carbocycles. The van der Waals surface area contributed by atoms with Crippen LogP contribution in [0.15, 0.2) is 83.9 Å². The summed E-state index contributed by atoms with van der Waals surface area (Å²) in [5.74, 6) is -0.239. The summed E-state index contributed by atoms with van der Waals surface area (Å²) in [6.07, 6.45) is 2.05. The lowest BCUT2D eigenvalue weighted by Crippen LogP contribution is -2.33. The summed E-state index contributed by atoms with van der Waals surface area (Å²) in [5.41, 5.74) is 4.80. The molecule has 0 saturated carbocycles. The van der Waals surface area contributed by atoms with Crippen molar-refractivity contribution in [1.82, 2.24) is 15.0 Å². The molecule has 1 heterocycles. The second-order valence-corrected chi connectivity index (χ2v) is 10.2. The Morgan fingerprint density at radius 3 is 2.50 bits per heavy atom. The van der Waals surface area contributed by atoms with Crippen LogP contribution in [-0.4, -0.2) is 32.4 Å². The van der Waals surface area contributed by atoms with E-state index in [1.54, 1.807) is 19.1 Å². The third-order valence-corrected chi connectivity index (χ3v) is 7.58. The Hall–Kier alpha value is -3.42. The number of hydrogen-bond acceptors (Lipinski definition) is 3. The monoisotopic (exact) mass is 475 g/mol. The van der Waals surface area contributed by atoms with Crippen molar-refractivity contribution in [2.75, 3.05) is 13.1 Å². The number of rotatable bonds is 9. The number of sulfonamides is 1. The van der Waals surface area contributed by atoms with E-state index in [4.69, 9.17) is 0 Å². The number of nitrogens with one attached hydrogen (secondary N) is 3. The molecule has 6 nitrogen and oxygen atoms in total. The summed E-state index contributed by atoms with van der Waals surface area (Å²) in [4.78, 5) is 16.2. The summed E-state index contributed by atoms with van der Waals surface area (Å²) >= 11 is 0. The molecule has 3 N–H and O–H groups in total. The lowest BCUT2D eigenvalue weighted by molar-refractivity contribution is -0.120. The molecular weight excluding hydrogens is 446 g/mol. The van der Waals surface area contributed by atoms with Crippen molar-refractivity contribution in [3.63, 3.8) is 0 Å². The van der Waals surface area contributed by atoms with Gasteiger partial charge >= 0.3 is 0 Å². The van der Waals surface area contributed by atoms with Crippen molar-refractivity contribution < 1.29 is 13.2 Å². The van der Waals surface area contributed by atoms with Crippen molar-refractivity contribution in [1.29, 1.82) is 0 Å². The van der Waals surface area contributed by atoms with Gasteiger partial charge in [-0.2, -0.15) is 0 Å². The summed E-state index contributed by atoms with van der Waals surface area (Å²) in [6.45, 7) is 4.05. The standard InChI is InChI=1S/C27H29N3O3S/c1-19-12-13-20(2)26(16-19)34(32,33)30-15-14-27(31)29-17-23(21-8-4-3-5-9-21)24-18-28-25-11-7-6-10-22(24)25/h3-13,16,18,23,28,30H,14-15,17H2,1-2H3,(H,29,31). The lowest BCUT2D eigenvalue weighted by Gasteiger charge is -2.18. The molecule has 0 aliphatic rings. The van der Waals surface area contributed by atoms with Crippen LogP contribution in [-0.2, 0) is 14.8 Å². The molecule has 0 bridgehead atoms. The van der Waals surface area contributed by atoms with Gasteiger partial charge in [-0.05, 0) is 48.2 Å². The fourth-order valence-corrected chi connectivity index (χ4v) is 5.51. The molecule has 4 rings (SSSR count). The highest BCUT2D eigenvalue weighted by atomic mass is 32.2. The van der Waals surface area contributed by atoms with Gasteiger partial charge in [0.05, 0.1) is 4.90 Å². The molecule has 0 fully saturated rings. The van der Waals surface area contributed by atoms with Crippen molar-refractivity contribution in [2.24, 2.45) is 0 Å². The number of H-pyrrole nitrogens is 1. The van der Waals surface area contributed by atoms with Crippen molar-refractivity contribution in [3.8, 4) is 0 Å². The van der Waals surface area contributed by atoms with Crippen LogP contribution in [0.3, 0.4) is 0 Å². The maximum absolute atomic E-state index is 12.7. The summed E-state index contributed by atoms with van der Waals surface area (Å²) in [7, 11) is -3.68. The Kier molecular flexibility index (Phi) is 7.14. The Morgan fingerprint density at radius 2 is 1.71 bits per heavy atom. The third-order valence-electron chi connectivity index (χ3n) is 5.98. The van der Waals surface area contributed by atoms with Gasteiger partial charge in [0.2, 0.25) is 15.9 Å². The van der Waals surface area contributed by atoms with E-state index in [1.165, 1.54) is 0 Å². The van der Waals surface area contributed by atoms with Crippen LogP contribution >= 0.6 is 0 Å². The molecule has 0 spiro atoms. The second kappa shape index (κ2) is 10.2. The van der Waals surface area contributed by atoms with Crippen LogP contribution in [0.2, 0.25) is 0 Å². The van der Waals surface area contributed by atoms with Crippen LogP contribution in [0.5, 0.6) is 0 Å². The molecule has 0 aliphatic carbocycles. The number of fused-ring (bicyclic) bond motifs is 1. The van der Waals surface area contributed by atoms with E-state index in [1.807, 2.05) is 55.6 Å². The zero-order valence-electron chi connectivity index (χ0n) is 19.3. The van der Waals surface area contributed by atoms with Crippen LogP contribution in [0.1, 0.15) is 34.6 Å². The molecule has 176 valence electrons. The van der Waals surface area contributed by atoms with Gasteiger partial charge in [-0.15, -0.1) is 0 Å². The molecule has 0 radical (unpaired) electrons. The third kappa shape index (κ3) is 5.38. The number of aromatic nitrogens is 1. The fourth-order valence-electron chi connectivity index (χ4n) is 4.15. The van der Waals surface area contributed by atoms with E-state index in [0.717, 1.165) is 27.6 Å². The van der Waals surface area contributed by atoms with Crippen molar-refractivity contribution >= 4 is 26.8 Å². The largest absolute Gasteiger partial charge is 0.361 e. The van der Waals surface area contributed by atoms with Crippen LogP contribution < -0.4 is 10.0 Å². The van der Waals surface area contributed by atoms with E-state index in [0.29, 0.717) is 12.1 Å². The first-order valence-corrected chi connectivity index (χ1v) is 12.8. The second-order valence-electron chi connectivity index (χ2n) is 8.47. The average Bonchev–Trinajstić information content (AvgIpc) is 3.25. The Bertz CT molecular complexity index is 1400. The number of carbonyl (C=O) groups is 1. The summed E-state index contributed by atoms with van der Waals surface area (Å²) < 4.78 is 27.9. The molecule has 34 heavy (non-hydrogen) atoms. The minimum atomic E-state index is -3.68. The number of amides is 1. The molecule has 0 aliphatic heterocycles. The van der Waals surface area contributed by atoms with Gasteiger partial charge in [0.25, 0.3) is 0 Å². The number of aromatic amines is 1. The Morgan fingerprint density at radius 1 is 0.971 bits per heavy atom. The van der Waals surface area contributed by atoms with E-state index < -0.39 is 10.0 Å². The fraction of sp³-hybridized carbons (Fsp3) is 0.222. The lowest BCUT2D eigenvalue weighted by atomic mass is 9.91. The molecule has 7 heteroatoms. The average molecular weight is 476 g/mol. The summed E-state index contributed by atoms with van der Waals surface area (Å²) in [5, 5.41) is 4.11. The Balaban J connectivity index is 1.41. The van der Waals surface area contributed by atoms with Gasteiger partial charge in [0.15, 0.2) is 0 Å². The highest BCUT2D eigenvalue weighted by molar-refractivity contribution is 7.89.